The van der Waals surface area contributed by atoms with E-state index in [1.807, 2.05) is 54.6 Å². The van der Waals surface area contributed by atoms with Crippen LogP contribution in [0.5, 0.6) is 5.75 Å². The number of anilines is 2. The molecule has 0 aliphatic heterocycles. The van der Waals surface area contributed by atoms with Crippen molar-refractivity contribution in [2.75, 3.05) is 23.0 Å². The van der Waals surface area contributed by atoms with E-state index in [0.29, 0.717) is 28.3 Å². The number of methoxy groups -OCH3 is 1. The van der Waals surface area contributed by atoms with E-state index in [1.54, 1.807) is 18.2 Å². The summed E-state index contributed by atoms with van der Waals surface area (Å²) in [5.74, 6) is -0.399. The fraction of sp³-hybridized carbons (Fsp3) is 0.107. The van der Waals surface area contributed by atoms with Crippen molar-refractivity contribution in [3.8, 4) is 5.75 Å². The highest BCUT2D eigenvalue weighted by Crippen LogP contribution is 2.34. The zero-order valence-corrected chi connectivity index (χ0v) is 21.9. The molecular weight excluding hydrogens is 511 g/mol. The number of nitrogens with one attached hydrogen (secondary N) is 1. The Labute approximate surface area is 220 Å². The average Bonchev–Trinajstić information content (AvgIpc) is 2.89. The number of para-hydroxylation sites is 1. The SMILES string of the molecule is COc1ccc(C(=O)Nc2ccccc2Sc2ccccc2)cc1CN(c1ccc(F)cc1)S(C)(=O)=O. The van der Waals surface area contributed by atoms with E-state index in [9.17, 15) is 17.6 Å². The zero-order chi connectivity index (χ0) is 26.4. The monoisotopic (exact) mass is 536 g/mol. The van der Waals surface area contributed by atoms with Gasteiger partial charge in [0.2, 0.25) is 10.0 Å². The lowest BCUT2D eigenvalue weighted by Crippen LogP contribution is -2.29. The van der Waals surface area contributed by atoms with Crippen molar-refractivity contribution >= 4 is 39.1 Å². The number of halogens is 1. The Morgan fingerprint density at radius 1 is 0.946 bits per heavy atom. The quantitative estimate of drug-likeness (QED) is 0.276. The summed E-state index contributed by atoms with van der Waals surface area (Å²) in [6, 6.07) is 27.4. The molecule has 0 spiro atoms. The van der Waals surface area contributed by atoms with Gasteiger partial charge in [0.1, 0.15) is 11.6 Å². The summed E-state index contributed by atoms with van der Waals surface area (Å²) in [6.07, 6.45) is 1.07. The van der Waals surface area contributed by atoms with Crippen molar-refractivity contribution in [3.63, 3.8) is 0 Å². The van der Waals surface area contributed by atoms with E-state index in [0.717, 1.165) is 20.4 Å². The molecule has 0 fully saturated rings. The molecule has 0 bridgehead atoms. The molecule has 1 amide bonds. The second kappa shape index (κ2) is 11.5. The first-order valence-corrected chi connectivity index (χ1v) is 13.9. The third-order valence-corrected chi connectivity index (χ3v) is 7.70. The Balaban J connectivity index is 1.61. The van der Waals surface area contributed by atoms with Crippen molar-refractivity contribution in [1.29, 1.82) is 0 Å². The van der Waals surface area contributed by atoms with Gasteiger partial charge in [-0.15, -0.1) is 0 Å². The summed E-state index contributed by atoms with van der Waals surface area (Å²) in [5.41, 5.74) is 1.77. The topological polar surface area (TPSA) is 75.7 Å². The van der Waals surface area contributed by atoms with Gasteiger partial charge in [-0.1, -0.05) is 42.1 Å². The minimum absolute atomic E-state index is 0.102. The highest BCUT2D eigenvalue weighted by molar-refractivity contribution is 7.99. The maximum atomic E-state index is 13.4. The van der Waals surface area contributed by atoms with E-state index in [2.05, 4.69) is 5.32 Å². The molecule has 37 heavy (non-hydrogen) atoms. The van der Waals surface area contributed by atoms with E-state index in [-0.39, 0.29) is 12.5 Å². The van der Waals surface area contributed by atoms with E-state index in [4.69, 9.17) is 4.74 Å². The molecule has 0 aromatic heterocycles. The molecule has 0 radical (unpaired) electrons. The summed E-state index contributed by atoms with van der Waals surface area (Å²) < 4.78 is 45.2. The van der Waals surface area contributed by atoms with Crippen LogP contribution >= 0.6 is 11.8 Å². The van der Waals surface area contributed by atoms with E-state index in [1.165, 1.54) is 43.1 Å². The molecule has 6 nitrogen and oxygen atoms in total. The van der Waals surface area contributed by atoms with Gasteiger partial charge in [0.05, 0.1) is 31.3 Å². The number of hydrogen-bond donors (Lipinski definition) is 1. The second-order valence-corrected chi connectivity index (χ2v) is 11.2. The van der Waals surface area contributed by atoms with Crippen LogP contribution in [0.3, 0.4) is 0 Å². The van der Waals surface area contributed by atoms with Crippen molar-refractivity contribution in [2.24, 2.45) is 0 Å². The van der Waals surface area contributed by atoms with E-state index >= 15 is 0 Å². The van der Waals surface area contributed by atoms with Gasteiger partial charge in [0.15, 0.2) is 0 Å². The molecular formula is C28H25FN2O4S2. The van der Waals surface area contributed by atoms with Crippen LogP contribution in [0.15, 0.2) is 107 Å². The predicted molar refractivity (Wildman–Crippen MR) is 145 cm³/mol. The Bertz CT molecular complexity index is 1490. The van der Waals surface area contributed by atoms with Gasteiger partial charge < -0.3 is 10.1 Å². The number of sulfonamides is 1. The lowest BCUT2D eigenvalue weighted by molar-refractivity contribution is 0.102. The minimum atomic E-state index is -3.72. The number of amides is 1. The van der Waals surface area contributed by atoms with Gasteiger partial charge in [-0.05, 0) is 66.7 Å². The summed E-state index contributed by atoms with van der Waals surface area (Å²) in [7, 11) is -2.25. The predicted octanol–water partition coefficient (Wildman–Crippen LogP) is 6.20. The van der Waals surface area contributed by atoms with Crippen LogP contribution < -0.4 is 14.4 Å². The Kier molecular flexibility index (Phi) is 8.15. The van der Waals surface area contributed by atoms with Crippen LogP contribution in [0, 0.1) is 5.82 Å². The normalized spacial score (nSPS) is 11.1. The number of hydrogen-bond acceptors (Lipinski definition) is 5. The lowest BCUT2D eigenvalue weighted by Gasteiger charge is -2.24. The fourth-order valence-corrected chi connectivity index (χ4v) is 5.48. The lowest BCUT2D eigenvalue weighted by atomic mass is 10.1. The molecule has 0 heterocycles. The first kappa shape index (κ1) is 26.2. The van der Waals surface area contributed by atoms with Crippen LogP contribution in [0.4, 0.5) is 15.8 Å². The van der Waals surface area contributed by atoms with Crippen molar-refractivity contribution < 1.29 is 22.3 Å². The molecule has 0 saturated heterocycles. The summed E-state index contributed by atoms with van der Waals surface area (Å²) in [4.78, 5) is 15.2. The van der Waals surface area contributed by atoms with Crippen molar-refractivity contribution in [3.05, 3.63) is 114 Å². The molecule has 4 aromatic carbocycles. The molecule has 190 valence electrons. The largest absolute Gasteiger partial charge is 0.496 e. The van der Waals surface area contributed by atoms with Crippen LogP contribution in [0.25, 0.3) is 0 Å². The maximum Gasteiger partial charge on any atom is 0.255 e. The smallest absolute Gasteiger partial charge is 0.255 e. The minimum Gasteiger partial charge on any atom is -0.496 e. The molecule has 0 aliphatic rings. The Morgan fingerprint density at radius 2 is 1.62 bits per heavy atom. The molecule has 9 heteroatoms. The van der Waals surface area contributed by atoms with Gasteiger partial charge >= 0.3 is 0 Å². The van der Waals surface area contributed by atoms with Gasteiger partial charge in [0, 0.05) is 20.9 Å². The summed E-state index contributed by atoms with van der Waals surface area (Å²) >= 11 is 1.54. The highest BCUT2D eigenvalue weighted by Gasteiger charge is 2.21. The van der Waals surface area contributed by atoms with Gasteiger partial charge in [-0.2, -0.15) is 0 Å². The standard InChI is InChI=1S/C28H25FN2O4S2/c1-35-26-17-12-20(18-21(26)19-31(37(2,33)34)23-15-13-22(29)14-16-23)28(32)30-25-10-6-7-11-27(25)36-24-8-4-3-5-9-24/h3-18H,19H2,1-2H3,(H,30,32). The number of ether oxygens (including phenoxy) is 1. The maximum absolute atomic E-state index is 13.4. The molecule has 1 N–H and O–H groups in total. The van der Waals surface area contributed by atoms with Crippen LogP contribution in [-0.4, -0.2) is 27.7 Å². The van der Waals surface area contributed by atoms with Crippen LogP contribution in [0.1, 0.15) is 15.9 Å². The third-order valence-electron chi connectivity index (χ3n) is 5.48. The number of carbonyl (C=O) groups excluding carboxylic acids is 1. The van der Waals surface area contributed by atoms with Crippen LogP contribution in [-0.2, 0) is 16.6 Å². The van der Waals surface area contributed by atoms with Gasteiger partial charge in [0.25, 0.3) is 5.91 Å². The molecule has 0 aliphatic carbocycles. The summed E-state index contributed by atoms with van der Waals surface area (Å²) in [6.45, 7) is -0.102. The molecule has 0 atom stereocenters. The zero-order valence-electron chi connectivity index (χ0n) is 20.2. The second-order valence-electron chi connectivity index (χ2n) is 8.14. The number of nitrogens with zero attached hydrogens (tertiary/aromatic N) is 1. The summed E-state index contributed by atoms with van der Waals surface area (Å²) in [5, 5.41) is 2.96. The molecule has 0 saturated carbocycles. The first-order valence-electron chi connectivity index (χ1n) is 11.3. The van der Waals surface area contributed by atoms with Crippen molar-refractivity contribution in [2.45, 2.75) is 16.3 Å². The molecule has 0 unspecified atom stereocenters. The van der Waals surface area contributed by atoms with Crippen LogP contribution in [0.2, 0.25) is 0 Å². The fourth-order valence-electron chi connectivity index (χ4n) is 3.67. The first-order chi connectivity index (χ1) is 17.7. The Hall–Kier alpha value is -3.82. The van der Waals surface area contributed by atoms with Crippen molar-refractivity contribution in [1.82, 2.24) is 0 Å². The third kappa shape index (κ3) is 6.69. The average molecular weight is 537 g/mol. The molecule has 4 aromatic rings. The molecule has 4 rings (SSSR count). The van der Waals surface area contributed by atoms with Gasteiger partial charge in [-0.25, -0.2) is 12.8 Å². The Morgan fingerprint density at radius 3 is 2.30 bits per heavy atom. The number of benzene rings is 4. The van der Waals surface area contributed by atoms with E-state index < -0.39 is 15.8 Å². The van der Waals surface area contributed by atoms with Gasteiger partial charge in [-0.3, -0.25) is 9.10 Å². The highest BCUT2D eigenvalue weighted by atomic mass is 32.2. The number of rotatable bonds is 9. The number of carbonyl (C=O) groups is 1.